The number of hydrogen-bond donors (Lipinski definition) is 1. The number of hydrogen-bond acceptors (Lipinski definition) is 5. The molecule has 0 bridgehead atoms. The topological polar surface area (TPSA) is 94.2 Å². The van der Waals surface area contributed by atoms with Gasteiger partial charge in [-0.1, -0.05) is 0 Å². The van der Waals surface area contributed by atoms with Crippen molar-refractivity contribution < 1.29 is 17.6 Å². The van der Waals surface area contributed by atoms with Crippen LogP contribution >= 0.6 is 0 Å². The summed E-state index contributed by atoms with van der Waals surface area (Å²) >= 11 is 0. The second-order valence-electron chi connectivity index (χ2n) is 6.39. The highest BCUT2D eigenvalue weighted by atomic mass is 32.2. The van der Waals surface area contributed by atoms with Crippen molar-refractivity contribution >= 4 is 15.7 Å². The number of furan rings is 1. The molecule has 1 fully saturated rings. The highest BCUT2D eigenvalue weighted by molar-refractivity contribution is 7.91. The second kappa shape index (κ2) is 5.77. The molecule has 2 aliphatic rings. The van der Waals surface area contributed by atoms with Crippen LogP contribution in [-0.2, 0) is 29.2 Å². The summed E-state index contributed by atoms with van der Waals surface area (Å²) in [5.74, 6) is 0.683. The predicted octanol–water partition coefficient (Wildman–Crippen LogP) is 1.25. The van der Waals surface area contributed by atoms with E-state index < -0.39 is 9.84 Å². The molecule has 7 nitrogen and oxygen atoms in total. The predicted molar refractivity (Wildman–Crippen MR) is 86.4 cm³/mol. The van der Waals surface area contributed by atoms with Gasteiger partial charge in [-0.2, -0.15) is 5.10 Å². The van der Waals surface area contributed by atoms with E-state index in [0.717, 1.165) is 30.5 Å². The number of aryl methyl sites for hydroxylation is 1. The van der Waals surface area contributed by atoms with E-state index >= 15 is 0 Å². The van der Waals surface area contributed by atoms with E-state index in [1.165, 1.54) is 0 Å². The molecule has 1 aliphatic heterocycles. The van der Waals surface area contributed by atoms with Gasteiger partial charge in [-0.15, -0.1) is 0 Å². The van der Waals surface area contributed by atoms with Crippen LogP contribution < -0.4 is 5.32 Å². The van der Waals surface area contributed by atoms with Crippen LogP contribution in [-0.4, -0.2) is 35.6 Å². The number of nitrogens with zero attached hydrogens (tertiary/aromatic N) is 2. The molecule has 2 aromatic heterocycles. The summed E-state index contributed by atoms with van der Waals surface area (Å²) in [6, 6.07) is 3.32. The van der Waals surface area contributed by atoms with Crippen molar-refractivity contribution in [2.24, 2.45) is 0 Å². The SMILES string of the molecule is O=C(NCc1ccco1)c1c2c(nn1C1CCS(=O)(=O)C1)CCC2. The maximum absolute atomic E-state index is 12.7. The fourth-order valence-electron chi connectivity index (χ4n) is 3.55. The Kier molecular flexibility index (Phi) is 3.71. The lowest BCUT2D eigenvalue weighted by molar-refractivity contribution is 0.0934. The van der Waals surface area contributed by atoms with Gasteiger partial charge in [0.05, 0.1) is 36.0 Å². The average Bonchev–Trinajstić information content (AvgIpc) is 3.27. The Bertz CT molecular complexity index is 868. The fraction of sp³-hybridized carbons (Fsp3) is 0.500. The molecule has 0 saturated carbocycles. The zero-order chi connectivity index (χ0) is 16.7. The summed E-state index contributed by atoms with van der Waals surface area (Å²) in [6.45, 7) is 0.300. The Labute approximate surface area is 139 Å². The maximum atomic E-state index is 12.7. The number of amides is 1. The monoisotopic (exact) mass is 349 g/mol. The number of nitrogens with one attached hydrogen (secondary N) is 1. The Morgan fingerprint density at radius 1 is 1.42 bits per heavy atom. The van der Waals surface area contributed by atoms with Crippen molar-refractivity contribution in [1.29, 1.82) is 0 Å². The minimum Gasteiger partial charge on any atom is -0.467 e. The summed E-state index contributed by atoms with van der Waals surface area (Å²) < 4.78 is 30.5. The highest BCUT2D eigenvalue weighted by Gasteiger charge is 2.35. The maximum Gasteiger partial charge on any atom is 0.270 e. The largest absolute Gasteiger partial charge is 0.467 e. The van der Waals surface area contributed by atoms with Crippen LogP contribution in [0.5, 0.6) is 0 Å². The molecule has 1 N–H and O–H groups in total. The first kappa shape index (κ1) is 15.4. The molecule has 0 aromatic carbocycles. The Balaban J connectivity index is 1.62. The first-order valence-corrected chi connectivity index (χ1v) is 9.97. The molecular formula is C16H19N3O4S. The number of carbonyl (C=O) groups is 1. The number of carbonyl (C=O) groups excluding carboxylic acids is 1. The molecule has 1 aliphatic carbocycles. The van der Waals surface area contributed by atoms with E-state index in [0.29, 0.717) is 24.4 Å². The lowest BCUT2D eigenvalue weighted by Crippen LogP contribution is -2.28. The van der Waals surface area contributed by atoms with Gasteiger partial charge < -0.3 is 9.73 Å². The quantitative estimate of drug-likeness (QED) is 0.897. The molecule has 0 radical (unpaired) electrons. The molecule has 0 spiro atoms. The Morgan fingerprint density at radius 2 is 2.29 bits per heavy atom. The van der Waals surface area contributed by atoms with Gasteiger partial charge in [-0.25, -0.2) is 8.42 Å². The van der Waals surface area contributed by atoms with Gasteiger partial charge in [0.25, 0.3) is 5.91 Å². The smallest absolute Gasteiger partial charge is 0.270 e. The van der Waals surface area contributed by atoms with Crippen LogP contribution in [0, 0.1) is 0 Å². The zero-order valence-electron chi connectivity index (χ0n) is 13.2. The Morgan fingerprint density at radius 3 is 3.00 bits per heavy atom. The highest BCUT2D eigenvalue weighted by Crippen LogP contribution is 2.31. The van der Waals surface area contributed by atoms with Crippen LogP contribution in [0.2, 0.25) is 0 Å². The van der Waals surface area contributed by atoms with E-state index in [2.05, 4.69) is 10.4 Å². The molecule has 24 heavy (non-hydrogen) atoms. The molecule has 1 saturated heterocycles. The average molecular weight is 349 g/mol. The van der Waals surface area contributed by atoms with Crippen LogP contribution in [0.3, 0.4) is 0 Å². The molecule has 128 valence electrons. The molecule has 1 amide bonds. The third-order valence-corrected chi connectivity index (χ3v) is 6.46. The van der Waals surface area contributed by atoms with E-state index in [-0.39, 0.29) is 23.5 Å². The van der Waals surface area contributed by atoms with E-state index in [4.69, 9.17) is 4.42 Å². The lowest BCUT2D eigenvalue weighted by atomic mass is 10.1. The van der Waals surface area contributed by atoms with Gasteiger partial charge in [0.1, 0.15) is 11.5 Å². The van der Waals surface area contributed by atoms with Crippen LogP contribution in [0.1, 0.15) is 46.4 Å². The van der Waals surface area contributed by atoms with Gasteiger partial charge in [0, 0.05) is 5.56 Å². The van der Waals surface area contributed by atoms with Crippen molar-refractivity contribution in [1.82, 2.24) is 15.1 Å². The molecule has 1 atom stereocenters. The molecule has 8 heteroatoms. The number of fused-ring (bicyclic) bond motifs is 1. The molecule has 1 unspecified atom stereocenters. The molecule has 3 heterocycles. The van der Waals surface area contributed by atoms with Crippen LogP contribution in [0.15, 0.2) is 22.8 Å². The second-order valence-corrected chi connectivity index (χ2v) is 8.62. The first-order chi connectivity index (χ1) is 11.5. The third-order valence-electron chi connectivity index (χ3n) is 4.70. The minimum absolute atomic E-state index is 0.0615. The lowest BCUT2D eigenvalue weighted by Gasteiger charge is -2.14. The van der Waals surface area contributed by atoms with Gasteiger partial charge >= 0.3 is 0 Å². The van der Waals surface area contributed by atoms with E-state index in [1.54, 1.807) is 23.1 Å². The summed E-state index contributed by atoms with van der Waals surface area (Å²) in [4.78, 5) is 12.7. The van der Waals surface area contributed by atoms with Crippen LogP contribution in [0.25, 0.3) is 0 Å². The summed E-state index contributed by atoms with van der Waals surface area (Å²) in [5, 5.41) is 7.43. The van der Waals surface area contributed by atoms with Crippen molar-refractivity contribution in [2.75, 3.05) is 11.5 Å². The summed E-state index contributed by atoms with van der Waals surface area (Å²) in [5.41, 5.74) is 2.43. The minimum atomic E-state index is -3.03. The summed E-state index contributed by atoms with van der Waals surface area (Å²) in [7, 11) is -3.03. The fourth-order valence-corrected chi connectivity index (χ4v) is 5.24. The van der Waals surface area contributed by atoms with Crippen molar-refractivity contribution in [3.8, 4) is 0 Å². The molecule has 4 rings (SSSR count). The number of aromatic nitrogens is 2. The Hall–Kier alpha value is -2.09. The molecular weight excluding hydrogens is 330 g/mol. The van der Waals surface area contributed by atoms with Gasteiger partial charge in [-0.3, -0.25) is 9.48 Å². The van der Waals surface area contributed by atoms with E-state index in [9.17, 15) is 13.2 Å². The number of sulfone groups is 1. The van der Waals surface area contributed by atoms with Crippen molar-refractivity contribution in [2.45, 2.75) is 38.3 Å². The van der Waals surface area contributed by atoms with Crippen molar-refractivity contribution in [3.63, 3.8) is 0 Å². The normalized spacial score (nSPS) is 21.8. The van der Waals surface area contributed by atoms with Crippen LogP contribution in [0.4, 0.5) is 0 Å². The standard InChI is InChI=1S/C16H19N3O4S/c20-16(17-9-12-3-2-7-23-12)15-13-4-1-5-14(13)18-19(15)11-6-8-24(21,22)10-11/h2-3,7,11H,1,4-6,8-10H2,(H,17,20). The summed E-state index contributed by atoms with van der Waals surface area (Å²) in [6.07, 6.45) is 4.73. The van der Waals surface area contributed by atoms with Gasteiger partial charge in [0.15, 0.2) is 9.84 Å². The van der Waals surface area contributed by atoms with Crippen molar-refractivity contribution in [3.05, 3.63) is 41.1 Å². The van der Waals surface area contributed by atoms with Gasteiger partial charge in [0.2, 0.25) is 0 Å². The van der Waals surface area contributed by atoms with E-state index in [1.807, 2.05) is 0 Å². The zero-order valence-corrected chi connectivity index (χ0v) is 14.0. The molecule has 2 aromatic rings. The number of rotatable bonds is 4. The first-order valence-electron chi connectivity index (χ1n) is 8.15. The third kappa shape index (κ3) is 2.75. The van der Waals surface area contributed by atoms with Gasteiger partial charge in [-0.05, 0) is 37.8 Å².